The van der Waals surface area contributed by atoms with Gasteiger partial charge in [0.15, 0.2) is 0 Å². The molecule has 0 spiro atoms. The smallest absolute Gasteiger partial charge is 0.135 e. The Balaban J connectivity index is 1.67. The van der Waals surface area contributed by atoms with Gasteiger partial charge in [-0.3, -0.25) is 0 Å². The second-order valence-electron chi connectivity index (χ2n) is 7.77. The van der Waals surface area contributed by atoms with Gasteiger partial charge in [-0.05, 0) is 42.8 Å². The predicted molar refractivity (Wildman–Crippen MR) is 133 cm³/mol. The van der Waals surface area contributed by atoms with Crippen LogP contribution < -0.4 is 4.74 Å². The summed E-state index contributed by atoms with van der Waals surface area (Å²) in [6.45, 7) is 2.09. The summed E-state index contributed by atoms with van der Waals surface area (Å²) in [4.78, 5) is 5.00. The van der Waals surface area contributed by atoms with Crippen LogP contribution in [0.5, 0.6) is 5.75 Å². The van der Waals surface area contributed by atoms with Gasteiger partial charge in [0.1, 0.15) is 11.5 Å². The molecule has 0 saturated heterocycles. The van der Waals surface area contributed by atoms with Crippen molar-refractivity contribution in [2.45, 2.75) is 6.92 Å². The van der Waals surface area contributed by atoms with Gasteiger partial charge in [0.05, 0.1) is 11.4 Å². The van der Waals surface area contributed by atoms with Crippen molar-refractivity contribution in [2.24, 2.45) is 4.99 Å². The van der Waals surface area contributed by atoms with Crippen molar-refractivity contribution in [3.05, 3.63) is 144 Å². The standard InChI is InChI=1S/C30H23NO/c1-22-16-18-26(19-17-22)31-28(23-10-4-2-5-11-23)20-25-21-30(24-12-6-3-7-13-24)32-29-15-9-8-14-27(25)29/h2-21H,1H3/b25-20+,31-28?. The maximum atomic E-state index is 6.25. The van der Waals surface area contributed by atoms with E-state index in [9.17, 15) is 0 Å². The number of fused-ring (bicyclic) bond motifs is 1. The molecule has 0 aliphatic carbocycles. The van der Waals surface area contributed by atoms with Crippen LogP contribution in [0.15, 0.2) is 126 Å². The second kappa shape index (κ2) is 8.91. The van der Waals surface area contributed by atoms with E-state index < -0.39 is 0 Å². The van der Waals surface area contributed by atoms with E-state index in [1.165, 1.54) is 5.56 Å². The van der Waals surface area contributed by atoms with Gasteiger partial charge in [-0.25, -0.2) is 4.99 Å². The molecule has 0 bridgehead atoms. The van der Waals surface area contributed by atoms with Crippen molar-refractivity contribution in [1.82, 2.24) is 0 Å². The van der Waals surface area contributed by atoms with Gasteiger partial charge in [0.2, 0.25) is 0 Å². The van der Waals surface area contributed by atoms with Crippen molar-refractivity contribution in [3.63, 3.8) is 0 Å². The topological polar surface area (TPSA) is 21.6 Å². The fourth-order valence-corrected chi connectivity index (χ4v) is 3.72. The van der Waals surface area contributed by atoms with E-state index in [1.807, 2.05) is 54.6 Å². The molecule has 0 N–H and O–H groups in total. The van der Waals surface area contributed by atoms with E-state index >= 15 is 0 Å². The highest BCUT2D eigenvalue weighted by Gasteiger charge is 2.18. The highest BCUT2D eigenvalue weighted by molar-refractivity contribution is 6.15. The van der Waals surface area contributed by atoms with Crippen LogP contribution in [0.1, 0.15) is 22.3 Å². The summed E-state index contributed by atoms with van der Waals surface area (Å²) < 4.78 is 6.25. The van der Waals surface area contributed by atoms with Crippen LogP contribution in [0.2, 0.25) is 0 Å². The maximum absolute atomic E-state index is 6.25. The van der Waals surface area contributed by atoms with Crippen LogP contribution >= 0.6 is 0 Å². The van der Waals surface area contributed by atoms with Crippen LogP contribution in [0, 0.1) is 6.92 Å². The third-order valence-electron chi connectivity index (χ3n) is 5.41. The lowest BCUT2D eigenvalue weighted by Crippen LogP contribution is -2.05. The highest BCUT2D eigenvalue weighted by Crippen LogP contribution is 2.37. The van der Waals surface area contributed by atoms with E-state index in [2.05, 4.69) is 73.7 Å². The van der Waals surface area contributed by atoms with Crippen LogP contribution in [0.4, 0.5) is 5.69 Å². The third-order valence-corrected chi connectivity index (χ3v) is 5.41. The molecule has 154 valence electrons. The van der Waals surface area contributed by atoms with E-state index in [0.717, 1.165) is 45.2 Å². The summed E-state index contributed by atoms with van der Waals surface area (Å²) in [5, 5.41) is 0. The summed E-state index contributed by atoms with van der Waals surface area (Å²) >= 11 is 0. The zero-order valence-corrected chi connectivity index (χ0v) is 17.9. The summed E-state index contributed by atoms with van der Waals surface area (Å²) in [5.74, 6) is 1.68. The maximum Gasteiger partial charge on any atom is 0.135 e. The van der Waals surface area contributed by atoms with E-state index in [4.69, 9.17) is 9.73 Å². The Morgan fingerprint density at radius 1 is 0.719 bits per heavy atom. The van der Waals surface area contributed by atoms with Gasteiger partial charge >= 0.3 is 0 Å². The van der Waals surface area contributed by atoms with Crippen molar-refractivity contribution < 1.29 is 4.74 Å². The fourth-order valence-electron chi connectivity index (χ4n) is 3.72. The quantitative estimate of drug-likeness (QED) is 0.315. The molecule has 5 rings (SSSR count). The SMILES string of the molecule is Cc1ccc(N=C(/C=C2\C=C(c3ccccc3)Oc3ccccc32)c2ccccc2)cc1. The molecule has 1 aliphatic rings. The molecule has 0 aromatic heterocycles. The van der Waals surface area contributed by atoms with Gasteiger partial charge in [0, 0.05) is 16.7 Å². The summed E-state index contributed by atoms with van der Waals surface area (Å²) in [5.41, 5.74) is 7.30. The third kappa shape index (κ3) is 4.30. The molecule has 0 fully saturated rings. The van der Waals surface area contributed by atoms with Gasteiger partial charge < -0.3 is 4.74 Å². The number of para-hydroxylation sites is 1. The molecule has 4 aromatic rings. The molecule has 2 nitrogen and oxygen atoms in total. The van der Waals surface area contributed by atoms with Crippen LogP contribution in [-0.2, 0) is 0 Å². The number of rotatable bonds is 4. The molecular weight excluding hydrogens is 390 g/mol. The molecule has 0 saturated carbocycles. The number of nitrogens with zero attached hydrogens (tertiary/aromatic N) is 1. The largest absolute Gasteiger partial charge is 0.456 e. The lowest BCUT2D eigenvalue weighted by Gasteiger charge is -2.21. The lowest BCUT2D eigenvalue weighted by atomic mass is 9.96. The average molecular weight is 414 g/mol. The van der Waals surface area contributed by atoms with Gasteiger partial charge in [-0.2, -0.15) is 0 Å². The number of allylic oxidation sites excluding steroid dienone is 3. The van der Waals surface area contributed by atoms with Gasteiger partial charge in [-0.1, -0.05) is 96.6 Å². The molecule has 32 heavy (non-hydrogen) atoms. The minimum Gasteiger partial charge on any atom is -0.456 e. The molecule has 1 aliphatic heterocycles. The van der Waals surface area contributed by atoms with Crippen LogP contribution in [0.3, 0.4) is 0 Å². The first-order chi connectivity index (χ1) is 15.8. The number of hydrogen-bond acceptors (Lipinski definition) is 2. The predicted octanol–water partition coefficient (Wildman–Crippen LogP) is 7.63. The molecule has 1 heterocycles. The summed E-state index contributed by atoms with van der Waals surface area (Å²) in [7, 11) is 0. The molecular formula is C30H23NO. The first kappa shape index (κ1) is 19.8. The number of ether oxygens (including phenoxy) is 1. The summed E-state index contributed by atoms with van der Waals surface area (Å²) in [6, 6.07) is 36.9. The Morgan fingerprint density at radius 3 is 2.12 bits per heavy atom. The van der Waals surface area contributed by atoms with Crippen LogP contribution in [-0.4, -0.2) is 5.71 Å². The van der Waals surface area contributed by atoms with Crippen molar-refractivity contribution in [1.29, 1.82) is 0 Å². The average Bonchev–Trinajstić information content (AvgIpc) is 2.86. The normalized spacial score (nSPS) is 14.5. The minimum atomic E-state index is 0.832. The molecule has 0 unspecified atom stereocenters. The zero-order valence-electron chi connectivity index (χ0n) is 17.9. The van der Waals surface area contributed by atoms with E-state index in [1.54, 1.807) is 0 Å². The molecule has 2 heteroatoms. The number of aryl methyl sites for hydroxylation is 1. The number of hydrogen-bond donors (Lipinski definition) is 0. The Bertz CT molecular complexity index is 1310. The summed E-state index contributed by atoms with van der Waals surface area (Å²) in [6.07, 6.45) is 4.25. The number of aliphatic imine (C=N–C) groups is 1. The van der Waals surface area contributed by atoms with Crippen molar-refractivity contribution in [2.75, 3.05) is 0 Å². The van der Waals surface area contributed by atoms with Crippen molar-refractivity contribution >= 4 is 22.7 Å². The van der Waals surface area contributed by atoms with Gasteiger partial charge in [0.25, 0.3) is 0 Å². The Morgan fingerprint density at radius 2 is 1.38 bits per heavy atom. The first-order valence-corrected chi connectivity index (χ1v) is 10.7. The molecule has 0 radical (unpaired) electrons. The number of benzene rings is 4. The Kier molecular flexibility index (Phi) is 5.50. The first-order valence-electron chi connectivity index (χ1n) is 10.7. The van der Waals surface area contributed by atoms with E-state index in [0.29, 0.717) is 0 Å². The lowest BCUT2D eigenvalue weighted by molar-refractivity contribution is 0.509. The minimum absolute atomic E-state index is 0.832. The monoisotopic (exact) mass is 413 g/mol. The highest BCUT2D eigenvalue weighted by atomic mass is 16.5. The van der Waals surface area contributed by atoms with Gasteiger partial charge in [-0.15, -0.1) is 0 Å². The molecule has 0 amide bonds. The zero-order chi connectivity index (χ0) is 21.8. The Hall–Kier alpha value is -4.17. The van der Waals surface area contributed by atoms with Crippen molar-refractivity contribution in [3.8, 4) is 5.75 Å². The Labute approximate surface area is 188 Å². The second-order valence-corrected chi connectivity index (χ2v) is 7.77. The van der Waals surface area contributed by atoms with E-state index in [-0.39, 0.29) is 0 Å². The van der Waals surface area contributed by atoms with Crippen LogP contribution in [0.25, 0.3) is 11.3 Å². The molecule has 0 atom stereocenters. The molecule has 4 aromatic carbocycles. The fraction of sp³-hybridized carbons (Fsp3) is 0.0333.